The van der Waals surface area contributed by atoms with Gasteiger partial charge in [0.2, 0.25) is 0 Å². The molecular formula is C28H30ClN3O5. The molecule has 0 unspecified atom stereocenters. The molecule has 0 aromatic heterocycles. The van der Waals surface area contributed by atoms with Crippen LogP contribution in [0, 0.1) is 0 Å². The molecule has 8 nitrogen and oxygen atoms in total. The third-order valence-electron chi connectivity index (χ3n) is 6.63. The number of amides is 3. The molecule has 0 spiro atoms. The maximum absolute atomic E-state index is 13.2. The van der Waals surface area contributed by atoms with E-state index in [4.69, 9.17) is 16.3 Å². The number of hydrogen-bond acceptors (Lipinski definition) is 6. The highest BCUT2D eigenvalue weighted by Gasteiger charge is 2.39. The van der Waals surface area contributed by atoms with Crippen LogP contribution in [0.1, 0.15) is 66.2 Å². The highest BCUT2D eigenvalue weighted by molar-refractivity contribution is 6.53. The van der Waals surface area contributed by atoms with E-state index in [1.54, 1.807) is 47.4 Å². The minimum atomic E-state index is -0.711. The van der Waals surface area contributed by atoms with Gasteiger partial charge in [0.15, 0.2) is 0 Å². The number of halogens is 1. The van der Waals surface area contributed by atoms with Crippen molar-refractivity contribution in [3.8, 4) is 0 Å². The average molecular weight is 524 g/mol. The van der Waals surface area contributed by atoms with E-state index in [1.165, 1.54) is 12.5 Å². The molecule has 1 saturated carbocycles. The van der Waals surface area contributed by atoms with Crippen LogP contribution in [-0.4, -0.2) is 48.3 Å². The second-order valence-corrected chi connectivity index (χ2v) is 9.61. The van der Waals surface area contributed by atoms with Gasteiger partial charge in [0.1, 0.15) is 10.7 Å². The lowest BCUT2D eigenvalue weighted by Gasteiger charge is -2.31. The lowest BCUT2D eigenvalue weighted by molar-refractivity contribution is -0.120. The maximum atomic E-state index is 13.2. The molecule has 2 aliphatic rings. The number of benzene rings is 2. The second-order valence-electron chi connectivity index (χ2n) is 9.23. The topological polar surface area (TPSA) is 96.0 Å². The Labute approximate surface area is 221 Å². The molecule has 1 aliphatic carbocycles. The van der Waals surface area contributed by atoms with Gasteiger partial charge in [-0.25, -0.2) is 9.69 Å². The van der Waals surface area contributed by atoms with Crippen molar-refractivity contribution in [2.24, 2.45) is 0 Å². The third kappa shape index (κ3) is 5.69. The van der Waals surface area contributed by atoms with Crippen molar-refractivity contribution in [1.82, 2.24) is 4.90 Å². The van der Waals surface area contributed by atoms with E-state index in [1.807, 2.05) is 14.0 Å². The minimum absolute atomic E-state index is 0.0992. The molecule has 1 fully saturated rings. The molecule has 194 valence electrons. The highest BCUT2D eigenvalue weighted by atomic mass is 35.5. The predicted molar refractivity (Wildman–Crippen MR) is 141 cm³/mol. The van der Waals surface area contributed by atoms with E-state index in [2.05, 4.69) is 5.32 Å². The summed E-state index contributed by atoms with van der Waals surface area (Å²) in [6.45, 7) is 2.15. The van der Waals surface area contributed by atoms with Gasteiger partial charge in [0.05, 0.1) is 17.9 Å². The van der Waals surface area contributed by atoms with Gasteiger partial charge in [-0.3, -0.25) is 14.4 Å². The van der Waals surface area contributed by atoms with E-state index in [0.29, 0.717) is 17.7 Å². The molecule has 3 amide bonds. The summed E-state index contributed by atoms with van der Waals surface area (Å²) in [6.07, 6.45) is 6.09. The molecule has 1 heterocycles. The van der Waals surface area contributed by atoms with Crippen LogP contribution in [0.2, 0.25) is 0 Å². The van der Waals surface area contributed by atoms with Crippen molar-refractivity contribution >= 4 is 46.7 Å². The molecule has 2 aromatic carbocycles. The number of esters is 1. The Balaban J connectivity index is 1.51. The number of nitrogens with zero attached hydrogens (tertiary/aromatic N) is 2. The van der Waals surface area contributed by atoms with Crippen LogP contribution in [-0.2, 0) is 14.3 Å². The van der Waals surface area contributed by atoms with Gasteiger partial charge in [-0.2, -0.15) is 0 Å². The van der Waals surface area contributed by atoms with Gasteiger partial charge in [-0.1, -0.05) is 49.9 Å². The minimum Gasteiger partial charge on any atom is -0.462 e. The fourth-order valence-corrected chi connectivity index (χ4v) is 4.82. The SMILES string of the molecule is CCCOC(=O)c1cccc(N2C(=O)C(Cl)=C(Nc3cccc(C(=O)N(C)C4CCCCC4)c3)C2=O)c1. The number of anilines is 2. The molecule has 0 atom stereocenters. The van der Waals surface area contributed by atoms with Gasteiger partial charge >= 0.3 is 5.97 Å². The fraction of sp³-hybridized carbons (Fsp3) is 0.357. The first kappa shape index (κ1) is 26.4. The standard InChI is InChI=1S/C28H30ClN3O5/c1-3-15-37-28(36)19-10-8-14-22(17-19)32-26(34)23(29)24(27(32)35)30-20-11-7-9-18(16-20)25(33)31(2)21-12-5-4-6-13-21/h7-11,14,16-17,21,30H,3-6,12-13,15H2,1-2H3. The van der Waals surface area contributed by atoms with Crippen LogP contribution in [0.5, 0.6) is 0 Å². The lowest BCUT2D eigenvalue weighted by Crippen LogP contribution is -2.38. The lowest BCUT2D eigenvalue weighted by atomic mass is 9.94. The van der Waals surface area contributed by atoms with Crippen molar-refractivity contribution in [1.29, 1.82) is 0 Å². The Morgan fingerprint density at radius 2 is 1.73 bits per heavy atom. The molecule has 0 bridgehead atoms. The highest BCUT2D eigenvalue weighted by Crippen LogP contribution is 2.31. The zero-order valence-corrected chi connectivity index (χ0v) is 21.7. The van der Waals surface area contributed by atoms with Crippen molar-refractivity contribution in [2.45, 2.75) is 51.5 Å². The quantitative estimate of drug-likeness (QED) is 0.382. The van der Waals surface area contributed by atoms with E-state index < -0.39 is 17.8 Å². The summed E-state index contributed by atoms with van der Waals surface area (Å²) in [4.78, 5) is 54.2. The number of ether oxygens (including phenoxy) is 1. The number of rotatable bonds is 8. The molecule has 1 N–H and O–H groups in total. The molecule has 37 heavy (non-hydrogen) atoms. The Morgan fingerprint density at radius 1 is 1.03 bits per heavy atom. The smallest absolute Gasteiger partial charge is 0.338 e. The Bertz CT molecular complexity index is 1250. The van der Waals surface area contributed by atoms with Crippen LogP contribution in [0.25, 0.3) is 0 Å². The number of carbonyl (C=O) groups excluding carboxylic acids is 4. The van der Waals surface area contributed by atoms with E-state index in [9.17, 15) is 19.2 Å². The van der Waals surface area contributed by atoms with Crippen molar-refractivity contribution in [3.63, 3.8) is 0 Å². The summed E-state index contributed by atoms with van der Waals surface area (Å²) in [5, 5.41) is 2.65. The molecular weight excluding hydrogens is 494 g/mol. The molecule has 4 rings (SSSR count). The summed E-state index contributed by atoms with van der Waals surface area (Å²) in [5.74, 6) is -2.01. The zero-order chi connectivity index (χ0) is 26.5. The predicted octanol–water partition coefficient (Wildman–Crippen LogP) is 5.09. The molecule has 2 aromatic rings. The van der Waals surface area contributed by atoms with Gasteiger partial charge in [0, 0.05) is 24.3 Å². The van der Waals surface area contributed by atoms with Gasteiger partial charge in [-0.05, 0) is 55.7 Å². The Morgan fingerprint density at radius 3 is 2.46 bits per heavy atom. The molecule has 0 saturated heterocycles. The number of nitrogens with one attached hydrogen (secondary N) is 1. The largest absolute Gasteiger partial charge is 0.462 e. The molecule has 1 aliphatic heterocycles. The van der Waals surface area contributed by atoms with Gasteiger partial charge in [-0.15, -0.1) is 0 Å². The first-order valence-electron chi connectivity index (χ1n) is 12.5. The van der Waals surface area contributed by atoms with Crippen molar-refractivity contribution in [3.05, 3.63) is 70.4 Å². The van der Waals surface area contributed by atoms with Crippen molar-refractivity contribution in [2.75, 3.05) is 23.9 Å². The van der Waals surface area contributed by atoms with Crippen molar-refractivity contribution < 1.29 is 23.9 Å². The summed E-state index contributed by atoms with van der Waals surface area (Å²) in [7, 11) is 1.82. The van der Waals surface area contributed by atoms with Crippen LogP contribution in [0.3, 0.4) is 0 Å². The molecule has 9 heteroatoms. The summed E-state index contributed by atoms with van der Waals surface area (Å²) in [6, 6.07) is 13.1. The summed E-state index contributed by atoms with van der Waals surface area (Å²) >= 11 is 6.28. The van der Waals surface area contributed by atoms with Crippen LogP contribution >= 0.6 is 11.6 Å². The molecule has 0 radical (unpaired) electrons. The summed E-state index contributed by atoms with van der Waals surface area (Å²) in [5.41, 5.74) is 1.25. The monoisotopic (exact) mass is 523 g/mol. The van der Waals surface area contributed by atoms with E-state index >= 15 is 0 Å². The maximum Gasteiger partial charge on any atom is 0.338 e. The number of imide groups is 1. The summed E-state index contributed by atoms with van der Waals surface area (Å²) < 4.78 is 5.15. The van der Waals surface area contributed by atoms with Crippen LogP contribution < -0.4 is 10.2 Å². The van der Waals surface area contributed by atoms with E-state index in [-0.39, 0.29) is 40.5 Å². The average Bonchev–Trinajstić information content (AvgIpc) is 3.14. The first-order valence-corrected chi connectivity index (χ1v) is 12.9. The Kier molecular flexibility index (Phi) is 8.28. The van der Waals surface area contributed by atoms with E-state index in [0.717, 1.165) is 30.6 Å². The van der Waals surface area contributed by atoms with Crippen LogP contribution in [0.15, 0.2) is 59.3 Å². The normalized spacial score (nSPS) is 16.2. The fourth-order valence-electron chi connectivity index (χ4n) is 4.61. The second kappa shape index (κ2) is 11.6. The van der Waals surface area contributed by atoms with Gasteiger partial charge < -0.3 is 15.0 Å². The zero-order valence-electron chi connectivity index (χ0n) is 21.0. The number of carbonyl (C=O) groups is 4. The third-order valence-corrected chi connectivity index (χ3v) is 6.98. The first-order chi connectivity index (χ1) is 17.8. The Hall–Kier alpha value is -3.65. The van der Waals surface area contributed by atoms with Crippen LogP contribution in [0.4, 0.5) is 11.4 Å². The number of hydrogen-bond donors (Lipinski definition) is 1. The van der Waals surface area contributed by atoms with Gasteiger partial charge in [0.25, 0.3) is 17.7 Å².